The van der Waals surface area contributed by atoms with Crippen molar-refractivity contribution >= 4 is 17.7 Å². The lowest BCUT2D eigenvalue weighted by Gasteiger charge is -2.36. The fourth-order valence-corrected chi connectivity index (χ4v) is 4.15. The average Bonchev–Trinajstić information content (AvgIpc) is 2.68. The summed E-state index contributed by atoms with van der Waals surface area (Å²) < 4.78 is 53.0. The molecule has 1 heterocycles. The maximum atomic E-state index is 13.5. The number of likely N-dealkylation sites (tertiary alicyclic amines) is 1. The summed E-state index contributed by atoms with van der Waals surface area (Å²) in [6.07, 6.45) is -3.70. The van der Waals surface area contributed by atoms with Crippen LogP contribution in [-0.4, -0.2) is 48.2 Å². The van der Waals surface area contributed by atoms with Crippen molar-refractivity contribution in [3.63, 3.8) is 0 Å². The van der Waals surface area contributed by atoms with E-state index in [9.17, 15) is 27.5 Å². The summed E-state index contributed by atoms with van der Waals surface area (Å²) in [6, 6.07) is 8.47. The van der Waals surface area contributed by atoms with Gasteiger partial charge in [-0.2, -0.15) is 13.2 Å². The molecule has 2 aromatic carbocycles. The molecule has 0 spiro atoms. The molecule has 2 aromatic rings. The number of piperidine rings is 1. The van der Waals surface area contributed by atoms with Gasteiger partial charge in [0.25, 0.3) is 5.91 Å². The van der Waals surface area contributed by atoms with Crippen LogP contribution < -0.4 is 5.32 Å². The zero-order valence-corrected chi connectivity index (χ0v) is 17.1. The highest BCUT2D eigenvalue weighted by Gasteiger charge is 2.34. The van der Waals surface area contributed by atoms with Gasteiger partial charge in [-0.3, -0.25) is 4.79 Å². The highest BCUT2D eigenvalue weighted by molar-refractivity contribution is 7.99. The van der Waals surface area contributed by atoms with E-state index in [-0.39, 0.29) is 17.0 Å². The highest BCUT2D eigenvalue weighted by atomic mass is 32.2. The topological polar surface area (TPSA) is 52.6 Å². The van der Waals surface area contributed by atoms with Crippen molar-refractivity contribution in [3.8, 4) is 0 Å². The van der Waals surface area contributed by atoms with Crippen LogP contribution in [0.3, 0.4) is 0 Å². The fourth-order valence-electron chi connectivity index (χ4n) is 3.18. The number of amides is 1. The van der Waals surface area contributed by atoms with Crippen LogP contribution in [0, 0.1) is 5.82 Å². The van der Waals surface area contributed by atoms with E-state index in [1.54, 1.807) is 6.07 Å². The summed E-state index contributed by atoms with van der Waals surface area (Å²) in [6.45, 7) is 1.27. The van der Waals surface area contributed by atoms with Crippen LogP contribution in [0.25, 0.3) is 0 Å². The number of hydrogen-bond acceptors (Lipinski definition) is 4. The number of hydrogen-bond donors (Lipinski definition) is 2. The largest absolute Gasteiger partial charge is 0.416 e. The van der Waals surface area contributed by atoms with Gasteiger partial charge in [0.2, 0.25) is 0 Å². The molecule has 1 aliphatic heterocycles. The number of nitrogens with zero attached hydrogens (tertiary/aromatic N) is 1. The summed E-state index contributed by atoms with van der Waals surface area (Å²) in [7, 11) is 1.93. The third-order valence-corrected chi connectivity index (χ3v) is 6.14. The van der Waals surface area contributed by atoms with Crippen LogP contribution in [0.2, 0.25) is 0 Å². The first-order chi connectivity index (χ1) is 14.1. The first kappa shape index (κ1) is 22.6. The zero-order chi connectivity index (χ0) is 21.9. The van der Waals surface area contributed by atoms with Gasteiger partial charge in [0, 0.05) is 29.4 Å². The molecule has 1 fully saturated rings. The molecule has 0 aromatic heterocycles. The van der Waals surface area contributed by atoms with Crippen molar-refractivity contribution < 1.29 is 27.5 Å². The molecule has 162 valence electrons. The number of alkyl halides is 3. The molecule has 0 atom stereocenters. The van der Waals surface area contributed by atoms with E-state index >= 15 is 0 Å². The van der Waals surface area contributed by atoms with Crippen molar-refractivity contribution in [3.05, 3.63) is 59.4 Å². The van der Waals surface area contributed by atoms with Crippen molar-refractivity contribution in [2.75, 3.05) is 26.7 Å². The molecule has 1 aliphatic rings. The van der Waals surface area contributed by atoms with Crippen molar-refractivity contribution in [1.82, 2.24) is 10.2 Å². The lowest BCUT2D eigenvalue weighted by atomic mass is 9.91. The summed E-state index contributed by atoms with van der Waals surface area (Å²) in [5.74, 6) is -1.20. The summed E-state index contributed by atoms with van der Waals surface area (Å²) in [5.41, 5.74) is -2.22. The Morgan fingerprint density at radius 2 is 1.90 bits per heavy atom. The zero-order valence-electron chi connectivity index (χ0n) is 16.3. The highest BCUT2D eigenvalue weighted by Crippen LogP contribution is 2.36. The van der Waals surface area contributed by atoms with E-state index in [4.69, 9.17) is 0 Å². The van der Waals surface area contributed by atoms with E-state index in [2.05, 4.69) is 10.2 Å². The number of halogens is 4. The Morgan fingerprint density at radius 1 is 1.20 bits per heavy atom. The van der Waals surface area contributed by atoms with Crippen LogP contribution in [-0.2, 0) is 6.18 Å². The summed E-state index contributed by atoms with van der Waals surface area (Å²) >= 11 is 1.000. The first-order valence-corrected chi connectivity index (χ1v) is 10.2. The van der Waals surface area contributed by atoms with Crippen LogP contribution in [0.5, 0.6) is 0 Å². The Labute approximate surface area is 176 Å². The SMILES string of the molecule is CN1CCC(O)(CNC(=O)c2cc(C(F)(F)F)ccc2Sc2cccc(F)c2)CC1. The minimum Gasteiger partial charge on any atom is -0.388 e. The van der Waals surface area contributed by atoms with E-state index in [1.807, 2.05) is 7.05 Å². The summed E-state index contributed by atoms with van der Waals surface area (Å²) in [5, 5.41) is 13.2. The maximum absolute atomic E-state index is 13.5. The van der Waals surface area contributed by atoms with Crippen LogP contribution in [0.1, 0.15) is 28.8 Å². The predicted molar refractivity (Wildman–Crippen MR) is 106 cm³/mol. The van der Waals surface area contributed by atoms with Gasteiger partial charge in [-0.15, -0.1) is 0 Å². The Bertz CT molecular complexity index is 912. The molecule has 0 bridgehead atoms. The van der Waals surface area contributed by atoms with E-state index in [0.29, 0.717) is 30.8 Å². The average molecular weight is 442 g/mol. The second-order valence-corrected chi connectivity index (χ2v) is 8.59. The second kappa shape index (κ2) is 8.95. The van der Waals surface area contributed by atoms with Gasteiger partial charge >= 0.3 is 6.18 Å². The molecule has 1 amide bonds. The van der Waals surface area contributed by atoms with Gasteiger partial charge in [-0.25, -0.2) is 4.39 Å². The molecule has 4 nitrogen and oxygen atoms in total. The standard InChI is InChI=1S/C21H22F4N2O2S/c1-27-9-7-20(29,8-10-27)13-26-19(28)17-11-14(21(23,24)25)5-6-18(17)30-16-4-2-3-15(22)12-16/h2-6,11-12,29H,7-10,13H2,1H3,(H,26,28). The molecule has 0 radical (unpaired) electrons. The quantitative estimate of drug-likeness (QED) is 0.683. The van der Waals surface area contributed by atoms with Gasteiger partial charge in [0.05, 0.1) is 16.7 Å². The number of carbonyl (C=O) groups excluding carboxylic acids is 1. The third-order valence-electron chi connectivity index (χ3n) is 5.07. The molecule has 0 aliphatic carbocycles. The second-order valence-electron chi connectivity index (χ2n) is 7.48. The Hall–Kier alpha value is -2.10. The molecule has 2 N–H and O–H groups in total. The number of carbonyl (C=O) groups is 1. The van der Waals surface area contributed by atoms with E-state index in [1.165, 1.54) is 24.3 Å². The molecule has 30 heavy (non-hydrogen) atoms. The van der Waals surface area contributed by atoms with Gasteiger partial charge in [0.15, 0.2) is 0 Å². The predicted octanol–water partition coefficient (Wildman–Crippen LogP) is 4.18. The summed E-state index contributed by atoms with van der Waals surface area (Å²) in [4.78, 5) is 15.5. The first-order valence-electron chi connectivity index (χ1n) is 9.40. The molecule has 0 unspecified atom stereocenters. The van der Waals surface area contributed by atoms with Gasteiger partial charge < -0.3 is 15.3 Å². The van der Waals surface area contributed by atoms with E-state index in [0.717, 1.165) is 23.9 Å². The van der Waals surface area contributed by atoms with Crippen molar-refractivity contribution in [2.24, 2.45) is 0 Å². The van der Waals surface area contributed by atoms with Crippen LogP contribution >= 0.6 is 11.8 Å². The maximum Gasteiger partial charge on any atom is 0.416 e. The lowest BCUT2D eigenvalue weighted by Crippen LogP contribution is -2.50. The molecular weight excluding hydrogens is 420 g/mol. The van der Waals surface area contributed by atoms with Gasteiger partial charge in [-0.05, 0) is 56.3 Å². The molecule has 3 rings (SSSR count). The Morgan fingerprint density at radius 3 is 2.53 bits per heavy atom. The normalized spacial score (nSPS) is 17.0. The van der Waals surface area contributed by atoms with E-state index < -0.39 is 29.1 Å². The minimum absolute atomic E-state index is 0.0556. The molecule has 9 heteroatoms. The number of benzene rings is 2. The Balaban J connectivity index is 1.83. The molecule has 0 saturated carbocycles. The smallest absolute Gasteiger partial charge is 0.388 e. The fraction of sp³-hybridized carbons (Fsp3) is 0.381. The van der Waals surface area contributed by atoms with Crippen molar-refractivity contribution in [1.29, 1.82) is 0 Å². The lowest BCUT2D eigenvalue weighted by molar-refractivity contribution is -0.137. The van der Waals surface area contributed by atoms with Crippen LogP contribution in [0.15, 0.2) is 52.3 Å². The number of rotatable bonds is 5. The monoisotopic (exact) mass is 442 g/mol. The minimum atomic E-state index is -4.61. The number of nitrogens with one attached hydrogen (secondary N) is 1. The van der Waals surface area contributed by atoms with Gasteiger partial charge in [-0.1, -0.05) is 17.8 Å². The van der Waals surface area contributed by atoms with Crippen molar-refractivity contribution in [2.45, 2.75) is 34.4 Å². The van der Waals surface area contributed by atoms with Gasteiger partial charge in [0.1, 0.15) is 5.82 Å². The molecular formula is C21H22F4N2O2S. The van der Waals surface area contributed by atoms with Crippen LogP contribution in [0.4, 0.5) is 17.6 Å². The number of aliphatic hydroxyl groups is 1. The third kappa shape index (κ3) is 5.74. The Kier molecular flexibility index (Phi) is 6.74. The molecule has 1 saturated heterocycles.